The highest BCUT2D eigenvalue weighted by Crippen LogP contribution is 2.65. The first kappa shape index (κ1) is 28.9. The summed E-state index contributed by atoms with van der Waals surface area (Å²) in [5, 5.41) is 8.34. The van der Waals surface area contributed by atoms with E-state index in [1.807, 2.05) is 37.2 Å². The molecule has 0 unspecified atom stereocenters. The highest BCUT2D eigenvalue weighted by Gasteiger charge is 2.59. The number of nitrogens with zero attached hydrogens (tertiary/aromatic N) is 2. The zero-order valence-corrected chi connectivity index (χ0v) is 25.5. The minimum absolute atomic E-state index is 0.0350. The summed E-state index contributed by atoms with van der Waals surface area (Å²) >= 11 is 0. The van der Waals surface area contributed by atoms with Crippen molar-refractivity contribution in [1.82, 2.24) is 5.32 Å². The van der Waals surface area contributed by atoms with Gasteiger partial charge in [-0.3, -0.25) is 9.59 Å². The number of hydrogen-bond donors (Lipinski definition) is 1. The Labute approximate surface area is 248 Å². The molecule has 0 radical (unpaired) electrons. The van der Waals surface area contributed by atoms with Crippen molar-refractivity contribution in [2.45, 2.75) is 78.1 Å². The van der Waals surface area contributed by atoms with Crippen LogP contribution in [0.25, 0.3) is 11.0 Å². The van der Waals surface area contributed by atoms with Crippen LogP contribution in [0.2, 0.25) is 0 Å². The lowest BCUT2D eigenvalue weighted by Gasteiger charge is -2.59. The van der Waals surface area contributed by atoms with Crippen molar-refractivity contribution < 1.29 is 18.8 Å². The number of nitrogens with one attached hydrogen (secondary N) is 1. The molecule has 1 aromatic carbocycles. The number of oxime groups is 1. The number of anilines is 1. The number of carbonyl (C=O) groups excluding carboxylic acids is 2. The Balaban J connectivity index is 1.03. The van der Waals surface area contributed by atoms with Gasteiger partial charge in [-0.15, -0.1) is 0 Å². The fraction of sp³-hybridized carbons (Fsp3) is 0.647. The van der Waals surface area contributed by atoms with E-state index >= 15 is 0 Å². The summed E-state index contributed by atoms with van der Waals surface area (Å²) in [5.74, 6) is 2.82. The normalized spacial score (nSPS) is 33.1. The molecule has 4 saturated carbocycles. The standard InChI is InChI=1S/C34H45N3O5/c1-33-14-11-24(38)18-22(33)5-7-26-27-9-10-30(34(27,2)15-12-28(26)33)36-41-20-31(39)35-16-13-21-17-32(40)42-29-19-23(37(3)4)6-8-25(21)29/h6,8,17,19,22,26-28H,5,7,9-16,18,20H2,1-4H3,(H,35,39)/b36-30-/t22-,26-,27-,28-,33-,34-/m0/s1. The van der Waals surface area contributed by atoms with Crippen molar-refractivity contribution in [3.05, 3.63) is 40.2 Å². The third kappa shape index (κ3) is 5.15. The van der Waals surface area contributed by atoms with E-state index in [0.29, 0.717) is 53.4 Å². The second-order valence-corrected chi connectivity index (χ2v) is 14.0. The molecule has 226 valence electrons. The first-order valence-corrected chi connectivity index (χ1v) is 15.8. The van der Waals surface area contributed by atoms with Gasteiger partial charge in [-0.05, 0) is 98.1 Å². The summed E-state index contributed by atoms with van der Waals surface area (Å²) in [4.78, 5) is 44.5. The predicted molar refractivity (Wildman–Crippen MR) is 164 cm³/mol. The van der Waals surface area contributed by atoms with Crippen molar-refractivity contribution in [2.24, 2.45) is 39.7 Å². The van der Waals surface area contributed by atoms with Crippen LogP contribution in [0.3, 0.4) is 0 Å². The number of hydrogen-bond acceptors (Lipinski definition) is 7. The van der Waals surface area contributed by atoms with Gasteiger partial charge in [0, 0.05) is 62.1 Å². The SMILES string of the molecule is CN(C)c1ccc2c(CCNC(=O)CO/N=C3/CC[C@H]4[C@@H]5CC[C@H]6CC(=O)CC[C@]6(C)[C@H]5CC[C@]34C)cc(=O)oc2c1. The van der Waals surface area contributed by atoms with Gasteiger partial charge in [0.05, 0.1) is 5.71 Å². The van der Waals surface area contributed by atoms with Crippen LogP contribution < -0.4 is 15.8 Å². The lowest BCUT2D eigenvalue weighted by molar-refractivity contribution is -0.136. The van der Waals surface area contributed by atoms with E-state index < -0.39 is 5.63 Å². The number of benzene rings is 1. The summed E-state index contributed by atoms with van der Waals surface area (Å²) < 4.78 is 5.41. The molecule has 1 N–H and O–H groups in total. The third-order valence-electron chi connectivity index (χ3n) is 11.6. The Morgan fingerprint density at radius 3 is 2.71 bits per heavy atom. The van der Waals surface area contributed by atoms with Crippen LogP contribution in [0.1, 0.15) is 77.2 Å². The number of fused-ring (bicyclic) bond motifs is 6. The van der Waals surface area contributed by atoms with Crippen LogP contribution in [0.15, 0.2) is 38.6 Å². The molecule has 1 aromatic heterocycles. The van der Waals surface area contributed by atoms with Crippen LogP contribution in [0, 0.1) is 34.5 Å². The molecule has 2 aromatic rings. The number of carbonyl (C=O) groups is 2. The molecule has 42 heavy (non-hydrogen) atoms. The smallest absolute Gasteiger partial charge is 0.336 e. The van der Waals surface area contributed by atoms with E-state index in [4.69, 9.17) is 9.25 Å². The Bertz CT molecular complexity index is 1460. The maximum absolute atomic E-state index is 12.6. The number of ketones is 1. The molecule has 4 aliphatic rings. The van der Waals surface area contributed by atoms with Crippen LogP contribution >= 0.6 is 0 Å². The summed E-state index contributed by atoms with van der Waals surface area (Å²) in [7, 11) is 3.88. The minimum atomic E-state index is -0.396. The summed E-state index contributed by atoms with van der Waals surface area (Å²) in [6.07, 6.45) is 9.91. The molecular weight excluding hydrogens is 530 g/mol. The molecule has 4 aliphatic carbocycles. The van der Waals surface area contributed by atoms with Gasteiger partial charge < -0.3 is 19.5 Å². The molecule has 1 amide bonds. The van der Waals surface area contributed by atoms with Gasteiger partial charge in [-0.2, -0.15) is 0 Å². The van der Waals surface area contributed by atoms with E-state index in [9.17, 15) is 14.4 Å². The molecule has 0 aliphatic heterocycles. The van der Waals surface area contributed by atoms with E-state index in [1.165, 1.54) is 25.3 Å². The quantitative estimate of drug-likeness (QED) is 0.346. The van der Waals surface area contributed by atoms with Crippen LogP contribution in [0.5, 0.6) is 0 Å². The van der Waals surface area contributed by atoms with Gasteiger partial charge in [0.15, 0.2) is 6.61 Å². The highest BCUT2D eigenvalue weighted by atomic mass is 16.6. The Morgan fingerprint density at radius 2 is 1.90 bits per heavy atom. The zero-order valence-electron chi connectivity index (χ0n) is 25.5. The number of Topliss-reactive ketones (excluding diaryl/α,β-unsaturated/α-hetero) is 1. The molecule has 0 saturated heterocycles. The first-order chi connectivity index (χ1) is 20.1. The Hall–Kier alpha value is -3.16. The average Bonchev–Trinajstić information content (AvgIpc) is 3.29. The molecule has 0 bridgehead atoms. The molecule has 6 rings (SSSR count). The number of amides is 1. The minimum Gasteiger partial charge on any atom is -0.423 e. The number of rotatable bonds is 7. The van der Waals surface area contributed by atoms with E-state index in [1.54, 1.807) is 0 Å². The largest absolute Gasteiger partial charge is 0.423 e. The molecular formula is C34H45N3O5. The first-order valence-electron chi connectivity index (χ1n) is 15.8. The van der Waals surface area contributed by atoms with Gasteiger partial charge >= 0.3 is 5.63 Å². The van der Waals surface area contributed by atoms with Crippen LogP contribution in [0.4, 0.5) is 5.69 Å². The topological polar surface area (TPSA) is 101 Å². The van der Waals surface area contributed by atoms with E-state index in [2.05, 4.69) is 24.3 Å². The van der Waals surface area contributed by atoms with Crippen LogP contribution in [-0.2, 0) is 20.8 Å². The van der Waals surface area contributed by atoms with Crippen LogP contribution in [-0.4, -0.2) is 44.6 Å². The van der Waals surface area contributed by atoms with Crippen molar-refractivity contribution in [1.29, 1.82) is 0 Å². The van der Waals surface area contributed by atoms with Gasteiger partial charge in [-0.25, -0.2) is 4.79 Å². The van der Waals surface area contributed by atoms with E-state index in [-0.39, 0.29) is 17.9 Å². The third-order valence-corrected chi connectivity index (χ3v) is 11.6. The lowest BCUT2D eigenvalue weighted by Crippen LogP contribution is -2.53. The fourth-order valence-corrected chi connectivity index (χ4v) is 9.24. The van der Waals surface area contributed by atoms with Gasteiger partial charge in [0.1, 0.15) is 11.4 Å². The molecule has 0 spiro atoms. The second kappa shape index (κ2) is 11.2. The summed E-state index contributed by atoms with van der Waals surface area (Å²) in [6, 6.07) is 7.30. The van der Waals surface area contributed by atoms with Gasteiger partial charge in [0.2, 0.25) is 0 Å². The molecule has 6 atom stereocenters. The van der Waals surface area contributed by atoms with Crippen molar-refractivity contribution in [3.8, 4) is 0 Å². The monoisotopic (exact) mass is 575 g/mol. The van der Waals surface area contributed by atoms with Gasteiger partial charge in [0.25, 0.3) is 5.91 Å². The lowest BCUT2D eigenvalue weighted by atomic mass is 9.45. The summed E-state index contributed by atoms with van der Waals surface area (Å²) in [5.41, 5.74) is 3.40. The molecule has 8 heteroatoms. The van der Waals surface area contributed by atoms with Gasteiger partial charge in [-0.1, -0.05) is 19.0 Å². The summed E-state index contributed by atoms with van der Waals surface area (Å²) in [6.45, 7) is 5.12. The molecule has 1 heterocycles. The predicted octanol–water partition coefficient (Wildman–Crippen LogP) is 5.50. The Morgan fingerprint density at radius 1 is 1.07 bits per heavy atom. The van der Waals surface area contributed by atoms with E-state index in [0.717, 1.165) is 60.9 Å². The average molecular weight is 576 g/mol. The maximum Gasteiger partial charge on any atom is 0.336 e. The second-order valence-electron chi connectivity index (χ2n) is 14.0. The van der Waals surface area contributed by atoms with Crippen molar-refractivity contribution >= 4 is 34.1 Å². The van der Waals surface area contributed by atoms with Crippen molar-refractivity contribution in [3.63, 3.8) is 0 Å². The highest BCUT2D eigenvalue weighted by molar-refractivity contribution is 5.92. The Kier molecular flexibility index (Phi) is 7.69. The fourth-order valence-electron chi connectivity index (χ4n) is 9.24. The molecule has 8 nitrogen and oxygen atoms in total. The van der Waals surface area contributed by atoms with Crippen molar-refractivity contribution in [2.75, 3.05) is 32.1 Å². The maximum atomic E-state index is 12.6. The molecule has 4 fully saturated rings. The zero-order chi connectivity index (χ0) is 29.6.